The Kier molecular flexibility index (Phi) is 3.76. The van der Waals surface area contributed by atoms with Crippen LogP contribution in [0.5, 0.6) is 0 Å². The van der Waals surface area contributed by atoms with Gasteiger partial charge in [-0.05, 0) is 30.9 Å². The molecule has 2 aromatic rings. The van der Waals surface area contributed by atoms with Gasteiger partial charge in [0.2, 0.25) is 5.56 Å². The van der Waals surface area contributed by atoms with E-state index in [9.17, 15) is 9.59 Å². The minimum Gasteiger partial charge on any atom is -0.371 e. The molecule has 1 aliphatic heterocycles. The minimum atomic E-state index is -0.155. The molecule has 4 rings (SSSR count). The Morgan fingerprint density at radius 1 is 1.33 bits per heavy atom. The third-order valence-corrected chi connectivity index (χ3v) is 5.07. The van der Waals surface area contributed by atoms with Crippen molar-refractivity contribution < 1.29 is 9.53 Å². The highest BCUT2D eigenvalue weighted by Gasteiger charge is 2.43. The lowest BCUT2D eigenvalue weighted by molar-refractivity contribution is -0.141. The summed E-state index contributed by atoms with van der Waals surface area (Å²) in [6, 6.07) is 9.08. The van der Waals surface area contributed by atoms with E-state index in [1.54, 1.807) is 6.07 Å². The van der Waals surface area contributed by atoms with Crippen LogP contribution in [0.25, 0.3) is 10.9 Å². The second kappa shape index (κ2) is 5.94. The monoisotopic (exact) mass is 327 g/mol. The summed E-state index contributed by atoms with van der Waals surface area (Å²) < 4.78 is 5.85. The Morgan fingerprint density at radius 2 is 2.17 bits per heavy atom. The molecule has 0 radical (unpaired) electrons. The molecule has 2 aliphatic rings. The van der Waals surface area contributed by atoms with Crippen LogP contribution < -0.4 is 10.9 Å². The lowest BCUT2D eigenvalue weighted by Crippen LogP contribution is -2.58. The molecule has 1 aromatic heterocycles. The molecule has 1 saturated carbocycles. The maximum absolute atomic E-state index is 12.5. The van der Waals surface area contributed by atoms with Gasteiger partial charge < -0.3 is 19.9 Å². The van der Waals surface area contributed by atoms with Crippen molar-refractivity contribution >= 4 is 16.9 Å². The van der Waals surface area contributed by atoms with Crippen molar-refractivity contribution in [3.8, 4) is 0 Å². The number of nitrogens with one attached hydrogen (secondary N) is 2. The number of hydrogen-bond donors (Lipinski definition) is 2. The Balaban J connectivity index is 1.47. The van der Waals surface area contributed by atoms with Gasteiger partial charge in [0.1, 0.15) is 0 Å². The highest BCUT2D eigenvalue weighted by molar-refractivity contribution is 5.82. The number of ether oxygens (including phenoxy) is 1. The third-order valence-electron chi connectivity index (χ3n) is 5.07. The van der Waals surface area contributed by atoms with E-state index in [1.807, 2.05) is 29.2 Å². The number of carbonyl (C=O) groups excluding carboxylic acids is 1. The van der Waals surface area contributed by atoms with E-state index in [-0.39, 0.29) is 17.2 Å². The molecule has 6 heteroatoms. The number of hydrogen-bond acceptors (Lipinski definition) is 3. The van der Waals surface area contributed by atoms with Crippen molar-refractivity contribution in [3.63, 3.8) is 0 Å². The summed E-state index contributed by atoms with van der Waals surface area (Å²) >= 11 is 0. The average molecular weight is 327 g/mol. The van der Waals surface area contributed by atoms with Gasteiger partial charge in [-0.2, -0.15) is 0 Å². The summed E-state index contributed by atoms with van der Waals surface area (Å²) in [5.74, 6) is 0. The van der Waals surface area contributed by atoms with Gasteiger partial charge in [-0.1, -0.05) is 18.2 Å². The first-order chi connectivity index (χ1) is 11.7. The summed E-state index contributed by atoms with van der Waals surface area (Å²) in [4.78, 5) is 28.9. The van der Waals surface area contributed by atoms with Crippen LogP contribution in [-0.4, -0.2) is 41.2 Å². The molecule has 1 spiro atoms. The molecule has 6 nitrogen and oxygen atoms in total. The van der Waals surface area contributed by atoms with Crippen LogP contribution in [0.15, 0.2) is 35.1 Å². The standard InChI is InChI=1S/C18H21N3O3/c22-16-10-13(14-4-1-2-5-15(14)20-16)11-19-17(23)21-8-9-24-18(12-21)6-3-7-18/h1-2,4-5,10H,3,6-9,11-12H2,(H,19,23)(H,20,22). The molecule has 2 heterocycles. The summed E-state index contributed by atoms with van der Waals surface area (Å²) in [6.07, 6.45) is 3.25. The Morgan fingerprint density at radius 3 is 2.96 bits per heavy atom. The number of aromatic amines is 1. The number of carbonyl (C=O) groups is 1. The van der Waals surface area contributed by atoms with E-state index >= 15 is 0 Å². The first-order valence-electron chi connectivity index (χ1n) is 8.43. The van der Waals surface area contributed by atoms with E-state index in [1.165, 1.54) is 6.42 Å². The smallest absolute Gasteiger partial charge is 0.317 e. The number of benzene rings is 1. The molecule has 1 aliphatic carbocycles. The van der Waals surface area contributed by atoms with Crippen molar-refractivity contribution in [2.75, 3.05) is 19.7 Å². The zero-order valence-electron chi connectivity index (χ0n) is 13.5. The van der Waals surface area contributed by atoms with Gasteiger partial charge >= 0.3 is 6.03 Å². The number of para-hydroxylation sites is 1. The molecule has 2 fully saturated rings. The van der Waals surface area contributed by atoms with E-state index in [4.69, 9.17) is 4.74 Å². The van der Waals surface area contributed by atoms with E-state index in [0.717, 1.165) is 29.3 Å². The van der Waals surface area contributed by atoms with Gasteiger partial charge in [-0.3, -0.25) is 4.79 Å². The van der Waals surface area contributed by atoms with E-state index in [0.29, 0.717) is 26.2 Å². The molecular formula is C18H21N3O3. The van der Waals surface area contributed by atoms with Crippen molar-refractivity contribution in [2.24, 2.45) is 0 Å². The van der Waals surface area contributed by atoms with Crippen molar-refractivity contribution in [1.82, 2.24) is 15.2 Å². The second-order valence-corrected chi connectivity index (χ2v) is 6.67. The Bertz CT molecular complexity index is 826. The largest absolute Gasteiger partial charge is 0.371 e. The highest BCUT2D eigenvalue weighted by atomic mass is 16.5. The van der Waals surface area contributed by atoms with Crippen LogP contribution in [0.1, 0.15) is 24.8 Å². The number of amides is 2. The molecule has 1 aromatic carbocycles. The van der Waals surface area contributed by atoms with E-state index in [2.05, 4.69) is 10.3 Å². The normalized spacial score (nSPS) is 19.2. The van der Waals surface area contributed by atoms with Crippen molar-refractivity contribution in [2.45, 2.75) is 31.4 Å². The lowest BCUT2D eigenvalue weighted by atomic mass is 9.79. The van der Waals surface area contributed by atoms with Crippen LogP contribution in [0.3, 0.4) is 0 Å². The molecular weight excluding hydrogens is 306 g/mol. The minimum absolute atomic E-state index is 0.0889. The predicted molar refractivity (Wildman–Crippen MR) is 90.9 cm³/mol. The number of urea groups is 1. The number of rotatable bonds is 2. The molecule has 126 valence electrons. The van der Waals surface area contributed by atoms with Crippen LogP contribution in [0, 0.1) is 0 Å². The Hall–Kier alpha value is -2.34. The zero-order valence-corrected chi connectivity index (χ0v) is 13.5. The number of morpholine rings is 1. The fourth-order valence-corrected chi connectivity index (χ4v) is 3.60. The summed E-state index contributed by atoms with van der Waals surface area (Å²) in [5, 5.41) is 3.91. The van der Waals surface area contributed by atoms with Crippen molar-refractivity contribution in [3.05, 3.63) is 46.2 Å². The SMILES string of the molecule is O=C(NCc1cc(=O)[nH]c2ccccc12)N1CCOC2(CCC2)C1. The van der Waals surface area contributed by atoms with Gasteiger partial charge in [-0.15, -0.1) is 0 Å². The van der Waals surface area contributed by atoms with Gasteiger partial charge in [0.25, 0.3) is 0 Å². The first-order valence-corrected chi connectivity index (χ1v) is 8.43. The first kappa shape index (κ1) is 15.2. The topological polar surface area (TPSA) is 74.4 Å². The molecule has 1 saturated heterocycles. The number of nitrogens with zero attached hydrogens (tertiary/aromatic N) is 1. The maximum Gasteiger partial charge on any atom is 0.317 e. The predicted octanol–water partition coefficient (Wildman–Crippen LogP) is 1.99. The molecule has 0 atom stereocenters. The summed E-state index contributed by atoms with van der Waals surface area (Å²) in [5.41, 5.74) is 1.35. The van der Waals surface area contributed by atoms with Gasteiger partial charge in [0.05, 0.1) is 18.8 Å². The van der Waals surface area contributed by atoms with Crippen LogP contribution in [-0.2, 0) is 11.3 Å². The number of fused-ring (bicyclic) bond motifs is 1. The van der Waals surface area contributed by atoms with Gasteiger partial charge in [0, 0.05) is 30.1 Å². The van der Waals surface area contributed by atoms with Gasteiger partial charge in [-0.25, -0.2) is 4.79 Å². The van der Waals surface area contributed by atoms with E-state index < -0.39 is 0 Å². The molecule has 0 unspecified atom stereocenters. The number of pyridine rings is 1. The average Bonchev–Trinajstić information content (AvgIpc) is 2.58. The maximum atomic E-state index is 12.5. The summed E-state index contributed by atoms with van der Waals surface area (Å²) in [6.45, 7) is 2.22. The fourth-order valence-electron chi connectivity index (χ4n) is 3.60. The molecule has 0 bridgehead atoms. The zero-order chi connectivity index (χ0) is 16.6. The summed E-state index contributed by atoms with van der Waals surface area (Å²) in [7, 11) is 0. The number of H-pyrrole nitrogens is 1. The Labute approximate surface area is 139 Å². The van der Waals surface area contributed by atoms with Crippen LogP contribution in [0.4, 0.5) is 4.79 Å². The molecule has 24 heavy (non-hydrogen) atoms. The second-order valence-electron chi connectivity index (χ2n) is 6.67. The number of aromatic nitrogens is 1. The fraction of sp³-hybridized carbons (Fsp3) is 0.444. The molecule has 2 amide bonds. The molecule has 2 N–H and O–H groups in total. The van der Waals surface area contributed by atoms with Crippen molar-refractivity contribution in [1.29, 1.82) is 0 Å². The van der Waals surface area contributed by atoms with Crippen LogP contribution in [0.2, 0.25) is 0 Å². The van der Waals surface area contributed by atoms with Crippen LogP contribution >= 0.6 is 0 Å². The van der Waals surface area contributed by atoms with Gasteiger partial charge in [0.15, 0.2) is 0 Å². The highest BCUT2D eigenvalue weighted by Crippen LogP contribution is 2.38. The quantitative estimate of drug-likeness (QED) is 0.886. The lowest BCUT2D eigenvalue weighted by Gasteiger charge is -2.48. The third kappa shape index (κ3) is 2.78.